The van der Waals surface area contributed by atoms with Crippen LogP contribution in [0.15, 0.2) is 54.0 Å². The van der Waals surface area contributed by atoms with Crippen LogP contribution in [0.2, 0.25) is 0 Å². The number of hydrogen-bond acceptors (Lipinski definition) is 3. The summed E-state index contributed by atoms with van der Waals surface area (Å²) in [6.45, 7) is 6.75. The van der Waals surface area contributed by atoms with Crippen molar-refractivity contribution in [2.45, 2.75) is 38.8 Å². The molecule has 152 valence electrons. The van der Waals surface area contributed by atoms with Gasteiger partial charge in [-0.05, 0) is 30.7 Å². The number of nitrogens with one attached hydrogen (secondary N) is 1. The molecule has 6 nitrogen and oxygen atoms in total. The van der Waals surface area contributed by atoms with Crippen molar-refractivity contribution in [1.82, 2.24) is 19.8 Å². The van der Waals surface area contributed by atoms with Crippen molar-refractivity contribution in [3.63, 3.8) is 0 Å². The van der Waals surface area contributed by atoms with Crippen LogP contribution in [0.3, 0.4) is 0 Å². The summed E-state index contributed by atoms with van der Waals surface area (Å²) in [5.41, 5.74) is 1.23. The van der Waals surface area contributed by atoms with Gasteiger partial charge in [-0.25, -0.2) is 4.98 Å². The van der Waals surface area contributed by atoms with Crippen LogP contribution in [0.5, 0.6) is 0 Å². The summed E-state index contributed by atoms with van der Waals surface area (Å²) >= 11 is 0. The molecule has 0 radical (unpaired) electrons. The minimum absolute atomic E-state index is 0.446. The van der Waals surface area contributed by atoms with Crippen LogP contribution in [0.25, 0.3) is 0 Å². The van der Waals surface area contributed by atoms with Crippen molar-refractivity contribution < 1.29 is 4.74 Å². The van der Waals surface area contributed by atoms with Crippen molar-refractivity contribution in [2.24, 2.45) is 10.9 Å². The highest BCUT2D eigenvalue weighted by Crippen LogP contribution is 2.27. The maximum atomic E-state index is 5.76. The molecule has 28 heavy (non-hydrogen) atoms. The largest absolute Gasteiger partial charge is 0.377 e. The summed E-state index contributed by atoms with van der Waals surface area (Å²) in [5.74, 6) is 1.65. The van der Waals surface area contributed by atoms with Crippen LogP contribution in [0.4, 0.5) is 0 Å². The standard InChI is InChI=1S/C22H33N5O/c1-19-10-13-26(16-21(19)27-14-12-24-18-27)22(23-2)25-11-6-7-15-28-17-20-8-4-3-5-9-20/h3-5,8-9,12,14,18-19,21H,6-7,10-11,13,15-17H2,1-2H3,(H,23,25). The fraction of sp³-hybridized carbons (Fsp3) is 0.545. The lowest BCUT2D eigenvalue weighted by Crippen LogP contribution is -2.49. The Morgan fingerprint density at radius 2 is 2.14 bits per heavy atom. The highest BCUT2D eigenvalue weighted by atomic mass is 16.5. The lowest BCUT2D eigenvalue weighted by molar-refractivity contribution is 0.117. The smallest absolute Gasteiger partial charge is 0.193 e. The van der Waals surface area contributed by atoms with Crippen LogP contribution in [-0.2, 0) is 11.3 Å². The second kappa shape index (κ2) is 10.9. The van der Waals surface area contributed by atoms with Gasteiger partial charge in [-0.3, -0.25) is 4.99 Å². The van der Waals surface area contributed by atoms with Crippen molar-refractivity contribution in [1.29, 1.82) is 0 Å². The van der Waals surface area contributed by atoms with Crippen LogP contribution < -0.4 is 5.32 Å². The fourth-order valence-electron chi connectivity index (χ4n) is 3.72. The molecule has 1 aliphatic rings. The van der Waals surface area contributed by atoms with Crippen molar-refractivity contribution in [3.05, 3.63) is 54.6 Å². The zero-order chi connectivity index (χ0) is 19.6. The van der Waals surface area contributed by atoms with Crippen LogP contribution in [0.1, 0.15) is 37.8 Å². The molecule has 0 saturated carbocycles. The number of nitrogens with zero attached hydrogens (tertiary/aromatic N) is 4. The van der Waals surface area contributed by atoms with Crippen LogP contribution in [-0.4, -0.2) is 53.7 Å². The lowest BCUT2D eigenvalue weighted by atomic mass is 9.93. The molecule has 0 bridgehead atoms. The molecule has 2 aromatic rings. The zero-order valence-electron chi connectivity index (χ0n) is 17.1. The number of likely N-dealkylation sites (tertiary alicyclic amines) is 1. The van der Waals surface area contributed by atoms with Crippen LogP contribution >= 0.6 is 0 Å². The summed E-state index contributed by atoms with van der Waals surface area (Å²) < 4.78 is 7.99. The third-order valence-corrected chi connectivity index (χ3v) is 5.45. The van der Waals surface area contributed by atoms with E-state index in [0.717, 1.165) is 51.5 Å². The second-order valence-electron chi connectivity index (χ2n) is 7.51. The minimum atomic E-state index is 0.446. The Morgan fingerprint density at radius 3 is 2.89 bits per heavy atom. The molecule has 1 N–H and O–H groups in total. The molecule has 1 aromatic heterocycles. The van der Waals surface area contributed by atoms with E-state index < -0.39 is 0 Å². The molecule has 2 heterocycles. The van der Waals surface area contributed by atoms with Crippen molar-refractivity contribution in [2.75, 3.05) is 33.3 Å². The van der Waals surface area contributed by atoms with E-state index >= 15 is 0 Å². The Kier molecular flexibility index (Phi) is 7.91. The van der Waals surface area contributed by atoms with Gasteiger partial charge in [0.25, 0.3) is 0 Å². The first-order valence-corrected chi connectivity index (χ1v) is 10.3. The molecule has 0 aliphatic carbocycles. The predicted molar refractivity (Wildman–Crippen MR) is 113 cm³/mol. The third kappa shape index (κ3) is 5.83. The van der Waals surface area contributed by atoms with Gasteiger partial charge in [-0.2, -0.15) is 0 Å². The van der Waals surface area contributed by atoms with Gasteiger partial charge in [0.15, 0.2) is 5.96 Å². The number of benzene rings is 1. The van der Waals surface area contributed by atoms with Crippen molar-refractivity contribution in [3.8, 4) is 0 Å². The van der Waals surface area contributed by atoms with Gasteiger partial charge in [-0.15, -0.1) is 0 Å². The zero-order valence-corrected chi connectivity index (χ0v) is 17.1. The molecule has 1 aliphatic heterocycles. The number of guanidine groups is 1. The average molecular weight is 384 g/mol. The predicted octanol–water partition coefficient (Wildman–Crippen LogP) is 3.34. The number of piperidine rings is 1. The van der Waals surface area contributed by atoms with Gasteiger partial charge in [0, 0.05) is 45.7 Å². The van der Waals surface area contributed by atoms with Gasteiger partial charge in [0.2, 0.25) is 0 Å². The van der Waals surface area contributed by atoms with Crippen molar-refractivity contribution >= 4 is 5.96 Å². The molecule has 3 rings (SSSR count). The van der Waals surface area contributed by atoms with E-state index in [4.69, 9.17) is 4.74 Å². The first-order valence-electron chi connectivity index (χ1n) is 10.3. The Labute approximate surface area is 168 Å². The van der Waals surface area contributed by atoms with Gasteiger partial charge < -0.3 is 19.5 Å². The second-order valence-corrected chi connectivity index (χ2v) is 7.51. The summed E-state index contributed by atoms with van der Waals surface area (Å²) in [6.07, 6.45) is 9.14. The summed E-state index contributed by atoms with van der Waals surface area (Å²) in [7, 11) is 1.87. The monoisotopic (exact) mass is 383 g/mol. The third-order valence-electron chi connectivity index (χ3n) is 5.45. The number of aromatic nitrogens is 2. The SMILES string of the molecule is CN=C(NCCCCOCc1ccccc1)N1CCC(C)C(n2ccnc2)C1. The fourth-order valence-corrected chi connectivity index (χ4v) is 3.72. The molecule has 6 heteroatoms. The van der Waals surface area contributed by atoms with E-state index in [1.54, 1.807) is 0 Å². The Hall–Kier alpha value is -2.34. The van der Waals surface area contributed by atoms with E-state index in [0.29, 0.717) is 18.6 Å². The quantitative estimate of drug-likeness (QED) is 0.432. The number of imidazole rings is 1. The maximum Gasteiger partial charge on any atom is 0.193 e. The summed E-state index contributed by atoms with van der Waals surface area (Å²) in [6, 6.07) is 10.8. The average Bonchev–Trinajstić information content (AvgIpc) is 3.26. The number of ether oxygens (including phenoxy) is 1. The Balaban J connectivity index is 1.35. The maximum absolute atomic E-state index is 5.76. The van der Waals surface area contributed by atoms with E-state index in [9.17, 15) is 0 Å². The molecule has 2 unspecified atom stereocenters. The molecular weight excluding hydrogens is 350 g/mol. The first-order chi connectivity index (χ1) is 13.8. The Bertz CT molecular complexity index is 701. The number of rotatable bonds is 8. The normalized spacial score (nSPS) is 20.4. The lowest BCUT2D eigenvalue weighted by Gasteiger charge is -2.39. The Morgan fingerprint density at radius 1 is 1.29 bits per heavy atom. The minimum Gasteiger partial charge on any atom is -0.377 e. The van der Waals surface area contributed by atoms with E-state index in [1.165, 1.54) is 5.56 Å². The molecular formula is C22H33N5O. The molecule has 1 saturated heterocycles. The highest BCUT2D eigenvalue weighted by Gasteiger charge is 2.28. The van der Waals surface area contributed by atoms with Gasteiger partial charge in [0.1, 0.15) is 0 Å². The van der Waals surface area contributed by atoms with Gasteiger partial charge in [0.05, 0.1) is 19.0 Å². The van der Waals surface area contributed by atoms with E-state index in [1.807, 2.05) is 37.8 Å². The summed E-state index contributed by atoms with van der Waals surface area (Å²) in [5, 5.41) is 3.52. The number of unbranched alkanes of at least 4 members (excludes halogenated alkanes) is 1. The molecule has 1 fully saturated rings. The number of aliphatic imine (C=N–C) groups is 1. The van der Waals surface area contributed by atoms with Gasteiger partial charge >= 0.3 is 0 Å². The molecule has 1 aromatic carbocycles. The van der Waals surface area contributed by atoms with Gasteiger partial charge in [-0.1, -0.05) is 37.3 Å². The van der Waals surface area contributed by atoms with E-state index in [-0.39, 0.29) is 0 Å². The molecule has 0 spiro atoms. The molecule has 0 amide bonds. The molecule has 2 atom stereocenters. The topological polar surface area (TPSA) is 54.7 Å². The highest BCUT2D eigenvalue weighted by molar-refractivity contribution is 5.80. The van der Waals surface area contributed by atoms with Crippen LogP contribution in [0, 0.1) is 5.92 Å². The van der Waals surface area contributed by atoms with E-state index in [2.05, 4.69) is 50.0 Å². The summed E-state index contributed by atoms with van der Waals surface area (Å²) in [4.78, 5) is 11.1. The number of hydrogen-bond donors (Lipinski definition) is 1. The first kappa shape index (κ1) is 20.4.